The summed E-state index contributed by atoms with van der Waals surface area (Å²) in [6.07, 6.45) is 2.42. The minimum absolute atomic E-state index is 0.317. The van der Waals surface area contributed by atoms with Crippen LogP contribution >= 0.6 is 27.5 Å². The van der Waals surface area contributed by atoms with Crippen molar-refractivity contribution in [3.63, 3.8) is 0 Å². The second-order valence-electron chi connectivity index (χ2n) is 3.70. The van der Waals surface area contributed by atoms with Crippen molar-refractivity contribution in [1.29, 1.82) is 0 Å². The lowest BCUT2D eigenvalue weighted by Gasteiger charge is -2.15. The first kappa shape index (κ1) is 13.0. The van der Waals surface area contributed by atoms with Gasteiger partial charge in [-0.1, -0.05) is 46.9 Å². The van der Waals surface area contributed by atoms with Gasteiger partial charge in [-0.15, -0.1) is 0 Å². The van der Waals surface area contributed by atoms with Crippen LogP contribution in [-0.2, 0) is 0 Å². The van der Waals surface area contributed by atoms with Gasteiger partial charge in [-0.05, 0) is 37.6 Å². The Bertz CT molecular complexity index is 314. The largest absolute Gasteiger partial charge is 0.310 e. The standard InChI is InChI=1S/C12H17BrClN/c1-3-4-7-15-9(2)11-6-5-10(13)8-12(11)14/h5-6,8-9,15H,3-4,7H2,1-2H3. The van der Waals surface area contributed by atoms with Crippen LogP contribution in [0.25, 0.3) is 0 Å². The number of nitrogens with one attached hydrogen (secondary N) is 1. The van der Waals surface area contributed by atoms with Crippen LogP contribution in [0.5, 0.6) is 0 Å². The minimum Gasteiger partial charge on any atom is -0.310 e. The van der Waals surface area contributed by atoms with Gasteiger partial charge in [-0.3, -0.25) is 0 Å². The molecule has 0 aliphatic rings. The van der Waals surface area contributed by atoms with Crippen LogP contribution < -0.4 is 5.32 Å². The maximum atomic E-state index is 6.17. The fourth-order valence-corrected chi connectivity index (χ4v) is 2.30. The van der Waals surface area contributed by atoms with Crippen molar-refractivity contribution in [2.24, 2.45) is 0 Å². The molecule has 0 saturated carbocycles. The summed E-state index contributed by atoms with van der Waals surface area (Å²) in [5, 5.41) is 4.28. The van der Waals surface area contributed by atoms with Crippen molar-refractivity contribution in [3.8, 4) is 0 Å². The van der Waals surface area contributed by atoms with Crippen molar-refractivity contribution in [3.05, 3.63) is 33.3 Å². The van der Waals surface area contributed by atoms with Crippen molar-refractivity contribution >= 4 is 27.5 Å². The number of rotatable bonds is 5. The lowest BCUT2D eigenvalue weighted by Crippen LogP contribution is -2.19. The highest BCUT2D eigenvalue weighted by molar-refractivity contribution is 9.10. The molecule has 0 fully saturated rings. The van der Waals surface area contributed by atoms with Crippen LogP contribution in [0.3, 0.4) is 0 Å². The average molecular weight is 291 g/mol. The molecule has 3 heteroatoms. The molecule has 1 aromatic rings. The van der Waals surface area contributed by atoms with Crippen molar-refractivity contribution < 1.29 is 0 Å². The van der Waals surface area contributed by atoms with E-state index in [4.69, 9.17) is 11.6 Å². The number of benzene rings is 1. The molecule has 0 radical (unpaired) electrons. The molecule has 1 aromatic carbocycles. The molecule has 15 heavy (non-hydrogen) atoms. The molecule has 1 rings (SSSR count). The van der Waals surface area contributed by atoms with Gasteiger partial charge in [0, 0.05) is 15.5 Å². The van der Waals surface area contributed by atoms with Crippen molar-refractivity contribution in [2.45, 2.75) is 32.7 Å². The number of hydrogen-bond acceptors (Lipinski definition) is 1. The van der Waals surface area contributed by atoms with E-state index < -0.39 is 0 Å². The Balaban J connectivity index is 2.61. The SMILES string of the molecule is CCCCNC(C)c1ccc(Br)cc1Cl. The Morgan fingerprint density at radius 3 is 2.80 bits per heavy atom. The first-order valence-corrected chi connectivity index (χ1v) is 6.50. The molecule has 84 valence electrons. The van der Waals surface area contributed by atoms with Crippen LogP contribution in [0.15, 0.2) is 22.7 Å². The molecule has 1 N–H and O–H groups in total. The van der Waals surface area contributed by atoms with Gasteiger partial charge in [0.05, 0.1) is 0 Å². The van der Waals surface area contributed by atoms with Crippen LogP contribution in [-0.4, -0.2) is 6.54 Å². The van der Waals surface area contributed by atoms with E-state index in [0.29, 0.717) is 6.04 Å². The summed E-state index contributed by atoms with van der Waals surface area (Å²) in [6, 6.07) is 6.35. The van der Waals surface area contributed by atoms with Crippen molar-refractivity contribution in [2.75, 3.05) is 6.54 Å². The van der Waals surface area contributed by atoms with Gasteiger partial charge in [0.15, 0.2) is 0 Å². The molecule has 1 unspecified atom stereocenters. The fourth-order valence-electron chi connectivity index (χ4n) is 1.46. The zero-order valence-corrected chi connectivity index (χ0v) is 11.5. The summed E-state index contributed by atoms with van der Waals surface area (Å²) < 4.78 is 1.03. The summed E-state index contributed by atoms with van der Waals surface area (Å²) in [7, 11) is 0. The quantitative estimate of drug-likeness (QED) is 0.784. The smallest absolute Gasteiger partial charge is 0.0464 e. The molecule has 0 aliphatic carbocycles. The zero-order valence-electron chi connectivity index (χ0n) is 9.19. The molecule has 0 aromatic heterocycles. The van der Waals surface area contributed by atoms with E-state index in [1.807, 2.05) is 12.1 Å². The Morgan fingerprint density at radius 1 is 1.47 bits per heavy atom. The van der Waals surface area contributed by atoms with Gasteiger partial charge in [0.1, 0.15) is 0 Å². The van der Waals surface area contributed by atoms with Gasteiger partial charge in [0.2, 0.25) is 0 Å². The van der Waals surface area contributed by atoms with E-state index in [1.165, 1.54) is 12.8 Å². The lowest BCUT2D eigenvalue weighted by molar-refractivity contribution is 0.554. The maximum absolute atomic E-state index is 6.17. The molecule has 1 nitrogen and oxygen atoms in total. The maximum Gasteiger partial charge on any atom is 0.0464 e. The first-order chi connectivity index (χ1) is 7.15. The lowest BCUT2D eigenvalue weighted by atomic mass is 10.1. The van der Waals surface area contributed by atoms with Gasteiger partial charge in [0.25, 0.3) is 0 Å². The van der Waals surface area contributed by atoms with Gasteiger partial charge < -0.3 is 5.32 Å². The topological polar surface area (TPSA) is 12.0 Å². The molecule has 1 atom stereocenters. The highest BCUT2D eigenvalue weighted by Crippen LogP contribution is 2.26. The second kappa shape index (κ2) is 6.51. The molecular formula is C12H17BrClN. The van der Waals surface area contributed by atoms with Crippen molar-refractivity contribution in [1.82, 2.24) is 5.32 Å². The van der Waals surface area contributed by atoms with Crippen LogP contribution in [0.2, 0.25) is 5.02 Å². The third kappa shape index (κ3) is 4.13. The van der Waals surface area contributed by atoms with E-state index in [2.05, 4.69) is 41.2 Å². The Kier molecular flexibility index (Phi) is 5.65. The summed E-state index contributed by atoms with van der Waals surface area (Å²) in [5.41, 5.74) is 1.16. The van der Waals surface area contributed by atoms with E-state index >= 15 is 0 Å². The summed E-state index contributed by atoms with van der Waals surface area (Å²) in [4.78, 5) is 0. The summed E-state index contributed by atoms with van der Waals surface area (Å²) in [5.74, 6) is 0. The number of hydrogen-bond donors (Lipinski definition) is 1. The average Bonchev–Trinajstić information content (AvgIpc) is 2.17. The van der Waals surface area contributed by atoms with Gasteiger partial charge in [-0.2, -0.15) is 0 Å². The third-order valence-corrected chi connectivity index (χ3v) is 3.23. The highest BCUT2D eigenvalue weighted by atomic mass is 79.9. The van der Waals surface area contributed by atoms with E-state index in [0.717, 1.165) is 21.6 Å². The monoisotopic (exact) mass is 289 g/mol. The third-order valence-electron chi connectivity index (χ3n) is 2.41. The summed E-state index contributed by atoms with van der Waals surface area (Å²) >= 11 is 9.57. The second-order valence-corrected chi connectivity index (χ2v) is 5.02. The van der Waals surface area contributed by atoms with Gasteiger partial charge in [-0.25, -0.2) is 0 Å². The molecule has 0 amide bonds. The van der Waals surface area contributed by atoms with Crippen LogP contribution in [0, 0.1) is 0 Å². The van der Waals surface area contributed by atoms with Gasteiger partial charge >= 0.3 is 0 Å². The molecule has 0 heterocycles. The molecule has 0 bridgehead atoms. The Labute approximate surface area is 105 Å². The molecule has 0 saturated heterocycles. The van der Waals surface area contributed by atoms with Crippen LogP contribution in [0.1, 0.15) is 38.3 Å². The summed E-state index contributed by atoms with van der Waals surface area (Å²) in [6.45, 7) is 5.38. The fraction of sp³-hybridized carbons (Fsp3) is 0.500. The normalized spacial score (nSPS) is 12.8. The minimum atomic E-state index is 0.317. The molecule has 0 aliphatic heterocycles. The molecule has 0 spiro atoms. The van der Waals surface area contributed by atoms with E-state index in [9.17, 15) is 0 Å². The number of unbranched alkanes of at least 4 members (excludes halogenated alkanes) is 1. The van der Waals surface area contributed by atoms with E-state index in [1.54, 1.807) is 0 Å². The molecular weight excluding hydrogens is 273 g/mol. The number of halogens is 2. The zero-order chi connectivity index (χ0) is 11.3. The van der Waals surface area contributed by atoms with E-state index in [-0.39, 0.29) is 0 Å². The highest BCUT2D eigenvalue weighted by Gasteiger charge is 2.08. The Morgan fingerprint density at radius 2 is 2.20 bits per heavy atom. The Hall–Kier alpha value is -0.0500. The predicted octanol–water partition coefficient (Wildman–Crippen LogP) is 4.55. The van der Waals surface area contributed by atoms with Crippen LogP contribution in [0.4, 0.5) is 0 Å². The first-order valence-electron chi connectivity index (χ1n) is 5.33. The predicted molar refractivity (Wildman–Crippen MR) is 70.5 cm³/mol.